The Labute approximate surface area is 195 Å². The second-order valence-electron chi connectivity index (χ2n) is 8.71. The summed E-state index contributed by atoms with van der Waals surface area (Å²) in [7, 11) is 0. The van der Waals surface area contributed by atoms with Gasteiger partial charge in [-0.3, -0.25) is 9.99 Å². The molecular weight excluding hydrogens is 432 g/mol. The predicted molar refractivity (Wildman–Crippen MR) is 127 cm³/mol. The normalized spacial score (nSPS) is 26.0. The van der Waals surface area contributed by atoms with Gasteiger partial charge in [0.15, 0.2) is 23.2 Å². The van der Waals surface area contributed by atoms with E-state index in [1.165, 1.54) is 6.33 Å². The largest absolute Gasteiger partial charge is 0.394 e. The molecule has 2 fully saturated rings. The van der Waals surface area contributed by atoms with E-state index >= 15 is 0 Å². The number of hydrogen-bond acceptors (Lipinski definition) is 8. The Hall–Kier alpha value is -3.66. The Kier molecular flexibility index (Phi) is 5.29. The Balaban J connectivity index is 1.20. The summed E-state index contributed by atoms with van der Waals surface area (Å²) in [5, 5.41) is 24.7. The topological polar surface area (TPSA) is 118 Å². The van der Waals surface area contributed by atoms with Crippen LogP contribution in [0.3, 0.4) is 0 Å². The van der Waals surface area contributed by atoms with Crippen LogP contribution in [0.1, 0.15) is 18.2 Å². The fraction of sp³-hybridized carbons (Fsp3) is 0.280. The monoisotopic (exact) mass is 456 g/mol. The van der Waals surface area contributed by atoms with Gasteiger partial charge in [-0.25, -0.2) is 15.0 Å². The Morgan fingerprint density at radius 2 is 1.82 bits per heavy atom. The van der Waals surface area contributed by atoms with Gasteiger partial charge in [0.2, 0.25) is 0 Å². The van der Waals surface area contributed by atoms with E-state index in [-0.39, 0.29) is 24.5 Å². The summed E-state index contributed by atoms with van der Waals surface area (Å²) in [5.41, 5.74) is 7.24. The van der Waals surface area contributed by atoms with Crippen LogP contribution in [0.5, 0.6) is 0 Å². The molecule has 0 bridgehead atoms. The van der Waals surface area contributed by atoms with Crippen LogP contribution >= 0.6 is 0 Å². The maximum absolute atomic E-state index is 10.7. The zero-order valence-corrected chi connectivity index (χ0v) is 18.3. The fourth-order valence-corrected chi connectivity index (χ4v) is 4.72. The summed E-state index contributed by atoms with van der Waals surface area (Å²) in [5.74, 6) is 0.800. The lowest BCUT2D eigenvalue weighted by atomic mass is 10.0. The van der Waals surface area contributed by atoms with Crippen molar-refractivity contribution in [2.45, 2.75) is 24.9 Å². The number of nitrogens with zero attached hydrogens (tertiary/aromatic N) is 5. The predicted octanol–water partition coefficient (Wildman–Crippen LogP) is 2.83. The lowest BCUT2D eigenvalue weighted by molar-refractivity contribution is -0.168. The lowest BCUT2D eigenvalue weighted by Crippen LogP contribution is -2.39. The fourth-order valence-electron chi connectivity index (χ4n) is 4.72. The van der Waals surface area contributed by atoms with E-state index in [0.29, 0.717) is 17.0 Å². The average molecular weight is 457 g/mol. The van der Waals surface area contributed by atoms with Gasteiger partial charge in [0.25, 0.3) is 0 Å². The molecule has 1 saturated carbocycles. The molecule has 9 nitrogen and oxygen atoms in total. The molecular formula is C25H24N6O3. The quantitative estimate of drug-likeness (QED) is 0.302. The van der Waals surface area contributed by atoms with Gasteiger partial charge in [0, 0.05) is 0 Å². The van der Waals surface area contributed by atoms with Crippen LogP contribution in [0.2, 0.25) is 0 Å². The molecule has 0 radical (unpaired) electrons. The van der Waals surface area contributed by atoms with Crippen LogP contribution in [0, 0.1) is 11.8 Å². The zero-order valence-electron chi connectivity index (χ0n) is 18.3. The molecule has 1 aliphatic heterocycles. The molecule has 1 saturated heterocycles. The van der Waals surface area contributed by atoms with E-state index in [1.54, 1.807) is 17.1 Å². The van der Waals surface area contributed by atoms with Crippen LogP contribution in [-0.2, 0) is 4.74 Å². The SMILES string of the molecule is OC[C@H]1O[C@@H](n2cnc3c(N/N=C/c4ccc(-c5ccccc5)cc4)ncnc32)C(O)C2CC21. The van der Waals surface area contributed by atoms with Gasteiger partial charge in [-0.2, -0.15) is 5.10 Å². The van der Waals surface area contributed by atoms with Crippen molar-refractivity contribution in [1.82, 2.24) is 19.5 Å². The minimum atomic E-state index is -0.673. The molecule has 6 rings (SSSR count). The van der Waals surface area contributed by atoms with Crippen molar-refractivity contribution < 1.29 is 14.9 Å². The highest BCUT2D eigenvalue weighted by atomic mass is 16.5. The smallest absolute Gasteiger partial charge is 0.177 e. The molecule has 34 heavy (non-hydrogen) atoms. The number of ether oxygens (including phenoxy) is 1. The van der Waals surface area contributed by atoms with Gasteiger partial charge >= 0.3 is 0 Å². The van der Waals surface area contributed by atoms with E-state index in [1.807, 2.05) is 30.3 Å². The van der Waals surface area contributed by atoms with Crippen molar-refractivity contribution in [2.75, 3.05) is 12.0 Å². The molecule has 0 amide bonds. The van der Waals surface area contributed by atoms with Crippen LogP contribution in [-0.4, -0.2) is 54.8 Å². The summed E-state index contributed by atoms with van der Waals surface area (Å²) in [4.78, 5) is 13.1. The van der Waals surface area contributed by atoms with Crippen molar-refractivity contribution in [3.05, 3.63) is 72.8 Å². The molecule has 2 aromatic heterocycles. The number of nitrogens with one attached hydrogen (secondary N) is 1. The third kappa shape index (κ3) is 3.73. The number of benzene rings is 2. The number of anilines is 1. The first-order chi connectivity index (χ1) is 16.7. The number of aliphatic hydroxyl groups is 2. The van der Waals surface area contributed by atoms with E-state index in [0.717, 1.165) is 23.1 Å². The molecule has 3 unspecified atom stereocenters. The van der Waals surface area contributed by atoms with E-state index in [2.05, 4.69) is 49.7 Å². The van der Waals surface area contributed by atoms with Crippen molar-refractivity contribution in [3.63, 3.8) is 0 Å². The zero-order chi connectivity index (χ0) is 23.1. The number of fused-ring (bicyclic) bond motifs is 2. The van der Waals surface area contributed by atoms with Gasteiger partial charge in [-0.1, -0.05) is 54.6 Å². The van der Waals surface area contributed by atoms with Crippen LogP contribution < -0.4 is 5.43 Å². The van der Waals surface area contributed by atoms with Crippen molar-refractivity contribution in [1.29, 1.82) is 0 Å². The third-order valence-corrected chi connectivity index (χ3v) is 6.63. The van der Waals surface area contributed by atoms with Gasteiger partial charge in [0.05, 0.1) is 25.3 Å². The van der Waals surface area contributed by atoms with Crippen LogP contribution in [0.15, 0.2) is 72.4 Å². The molecule has 1 aliphatic carbocycles. The van der Waals surface area contributed by atoms with Crippen molar-refractivity contribution in [2.24, 2.45) is 16.9 Å². The molecule has 2 aromatic carbocycles. The third-order valence-electron chi connectivity index (χ3n) is 6.63. The van der Waals surface area contributed by atoms with Crippen LogP contribution in [0.4, 0.5) is 5.82 Å². The number of aromatic nitrogens is 4. The number of rotatable bonds is 6. The highest BCUT2D eigenvalue weighted by molar-refractivity contribution is 5.85. The van der Waals surface area contributed by atoms with E-state index in [4.69, 9.17) is 4.74 Å². The molecule has 172 valence electrons. The highest BCUT2D eigenvalue weighted by Crippen LogP contribution is 2.52. The molecule has 2 aliphatic rings. The number of hydrazone groups is 1. The maximum Gasteiger partial charge on any atom is 0.177 e. The van der Waals surface area contributed by atoms with E-state index in [9.17, 15) is 10.2 Å². The number of aliphatic hydroxyl groups excluding tert-OH is 2. The van der Waals surface area contributed by atoms with Crippen molar-refractivity contribution in [3.8, 4) is 11.1 Å². The lowest BCUT2D eigenvalue weighted by Gasteiger charge is -2.33. The second-order valence-corrected chi connectivity index (χ2v) is 8.71. The molecule has 4 aromatic rings. The minimum Gasteiger partial charge on any atom is -0.394 e. The maximum atomic E-state index is 10.7. The van der Waals surface area contributed by atoms with Crippen molar-refractivity contribution >= 4 is 23.2 Å². The molecule has 0 spiro atoms. The summed E-state index contributed by atoms with van der Waals surface area (Å²) in [6, 6.07) is 18.3. The van der Waals surface area contributed by atoms with Gasteiger partial charge in [-0.05, 0) is 34.9 Å². The standard InChI is InChI=1S/C25H24N6O3/c32-12-20-18-10-19(18)22(33)25(34-20)31-14-28-21-23(26-13-27-24(21)31)30-29-11-15-6-8-17(9-7-15)16-4-2-1-3-5-16/h1-9,11,13-14,18-20,22,25,32-33H,10,12H2,(H,26,27,30)/b29-11+/t18?,19?,20-,22?,25-/m1/s1. The van der Waals surface area contributed by atoms with E-state index < -0.39 is 12.3 Å². The Morgan fingerprint density at radius 1 is 1.03 bits per heavy atom. The highest BCUT2D eigenvalue weighted by Gasteiger charge is 2.55. The number of hydrogen-bond donors (Lipinski definition) is 3. The Bertz CT molecular complexity index is 1320. The molecule has 3 heterocycles. The van der Waals surface area contributed by atoms with Gasteiger partial charge < -0.3 is 14.9 Å². The average Bonchev–Trinajstić information content (AvgIpc) is 3.58. The molecule has 5 atom stereocenters. The molecule has 9 heteroatoms. The first-order valence-corrected chi connectivity index (χ1v) is 11.3. The van der Waals surface area contributed by atoms with Crippen LogP contribution in [0.25, 0.3) is 22.3 Å². The Morgan fingerprint density at radius 3 is 2.62 bits per heavy atom. The number of imidazole rings is 1. The minimum absolute atomic E-state index is 0.0696. The van der Waals surface area contributed by atoms with Gasteiger partial charge in [0.1, 0.15) is 12.4 Å². The second kappa shape index (κ2) is 8.60. The summed E-state index contributed by atoms with van der Waals surface area (Å²) >= 11 is 0. The first-order valence-electron chi connectivity index (χ1n) is 11.3. The first kappa shape index (κ1) is 20.9. The van der Waals surface area contributed by atoms with Gasteiger partial charge in [-0.15, -0.1) is 0 Å². The summed E-state index contributed by atoms with van der Waals surface area (Å²) in [6.07, 6.45) is 3.97. The summed E-state index contributed by atoms with van der Waals surface area (Å²) < 4.78 is 7.69. The molecule has 3 N–H and O–H groups in total. The summed E-state index contributed by atoms with van der Waals surface area (Å²) in [6.45, 7) is -0.0696.